The Balaban J connectivity index is 3.12. The molecule has 0 radical (unpaired) electrons. The van der Waals surface area contributed by atoms with Crippen LogP contribution in [-0.2, 0) is 0 Å². The molecule has 0 spiro atoms. The minimum atomic E-state index is 1.10. The zero-order valence-electron chi connectivity index (χ0n) is 4.49. The number of furan rings is 1. The van der Waals surface area contributed by atoms with Crippen LogP contribution in [0.5, 0.6) is 0 Å². The second-order valence-electron chi connectivity index (χ2n) is 1.65. The summed E-state index contributed by atoms with van der Waals surface area (Å²) in [6, 6.07) is 0. The van der Waals surface area contributed by atoms with Gasteiger partial charge in [0.2, 0.25) is 0 Å². The van der Waals surface area contributed by atoms with Crippen molar-refractivity contribution in [3.8, 4) is 0 Å². The van der Waals surface area contributed by atoms with Gasteiger partial charge in [-0.15, -0.1) is 5.56 Å². The summed E-state index contributed by atoms with van der Waals surface area (Å²) in [5, 5.41) is 0. The lowest BCUT2D eigenvalue weighted by atomic mass is 10.2. The minimum absolute atomic E-state index is 1.10. The first kappa shape index (κ1) is 4.44. The molecule has 1 aromatic rings. The Labute approximate surface area is 43.0 Å². The van der Waals surface area contributed by atoms with Crippen LogP contribution in [0.1, 0.15) is 11.1 Å². The van der Waals surface area contributed by atoms with Gasteiger partial charge < -0.3 is 4.42 Å². The van der Waals surface area contributed by atoms with Crippen molar-refractivity contribution in [3.05, 3.63) is 23.7 Å². The maximum absolute atomic E-state index is 4.72. The average Bonchev–Trinajstić information content (AvgIpc) is 1.91. The van der Waals surface area contributed by atoms with Crippen LogP contribution in [0, 0.1) is 20.1 Å². The summed E-state index contributed by atoms with van der Waals surface area (Å²) in [7, 11) is 0. The topological polar surface area (TPSA) is 13.1 Å². The molecule has 0 fully saturated rings. The van der Waals surface area contributed by atoms with E-state index < -0.39 is 0 Å². The van der Waals surface area contributed by atoms with Crippen molar-refractivity contribution in [2.75, 3.05) is 0 Å². The summed E-state index contributed by atoms with van der Waals surface area (Å²) in [5.74, 6) is 0. The van der Waals surface area contributed by atoms with Gasteiger partial charge in [-0.3, -0.25) is 0 Å². The molecule has 0 bridgehead atoms. The fraction of sp³-hybridized carbons (Fsp3) is 0.333. The van der Waals surface area contributed by atoms with Crippen molar-refractivity contribution in [1.82, 2.24) is 0 Å². The molecule has 1 heterocycles. The summed E-state index contributed by atoms with van der Waals surface area (Å²) in [5.41, 5.74) is 2.26. The SMILES string of the molecule is Cc1[c-]occ1C. The van der Waals surface area contributed by atoms with Gasteiger partial charge in [0.15, 0.2) is 0 Å². The van der Waals surface area contributed by atoms with Crippen LogP contribution >= 0.6 is 0 Å². The summed E-state index contributed by atoms with van der Waals surface area (Å²) >= 11 is 0. The molecule has 0 aliphatic heterocycles. The van der Waals surface area contributed by atoms with Crippen LogP contribution in [0.25, 0.3) is 0 Å². The van der Waals surface area contributed by atoms with Crippen molar-refractivity contribution in [3.63, 3.8) is 0 Å². The van der Waals surface area contributed by atoms with Crippen LogP contribution in [0.15, 0.2) is 10.7 Å². The quantitative estimate of drug-likeness (QED) is 0.447. The lowest BCUT2D eigenvalue weighted by Gasteiger charge is -1.88. The summed E-state index contributed by atoms with van der Waals surface area (Å²) in [6.45, 7) is 3.97. The van der Waals surface area contributed by atoms with Crippen molar-refractivity contribution >= 4 is 0 Å². The Kier molecular flexibility index (Phi) is 0.895. The van der Waals surface area contributed by atoms with Crippen LogP contribution in [0.3, 0.4) is 0 Å². The molecule has 7 heavy (non-hydrogen) atoms. The van der Waals surface area contributed by atoms with Crippen LogP contribution in [0.4, 0.5) is 0 Å². The molecule has 0 aliphatic rings. The van der Waals surface area contributed by atoms with Crippen molar-refractivity contribution in [1.29, 1.82) is 0 Å². The van der Waals surface area contributed by atoms with Crippen LogP contribution in [0.2, 0.25) is 0 Å². The van der Waals surface area contributed by atoms with Crippen LogP contribution in [-0.4, -0.2) is 0 Å². The van der Waals surface area contributed by atoms with Gasteiger partial charge in [-0.25, -0.2) is 0 Å². The second-order valence-corrected chi connectivity index (χ2v) is 1.65. The maximum atomic E-state index is 4.72. The Hall–Kier alpha value is -0.720. The van der Waals surface area contributed by atoms with E-state index >= 15 is 0 Å². The molecule has 0 N–H and O–H groups in total. The molecule has 0 saturated carbocycles. The van der Waals surface area contributed by atoms with Crippen molar-refractivity contribution in [2.45, 2.75) is 13.8 Å². The Morgan fingerprint density at radius 3 is 2.43 bits per heavy atom. The Morgan fingerprint density at radius 2 is 2.29 bits per heavy atom. The molecule has 0 amide bonds. The van der Waals surface area contributed by atoms with E-state index in [-0.39, 0.29) is 0 Å². The van der Waals surface area contributed by atoms with E-state index in [4.69, 9.17) is 4.42 Å². The molecule has 0 aliphatic carbocycles. The Morgan fingerprint density at radius 1 is 1.57 bits per heavy atom. The summed E-state index contributed by atoms with van der Waals surface area (Å²) in [4.78, 5) is 0. The van der Waals surface area contributed by atoms with Gasteiger partial charge in [-0.05, 0) is 6.26 Å². The molecule has 0 saturated heterocycles. The van der Waals surface area contributed by atoms with Gasteiger partial charge in [0.05, 0.1) is 0 Å². The van der Waals surface area contributed by atoms with E-state index in [2.05, 4.69) is 6.26 Å². The minimum Gasteiger partial charge on any atom is -0.598 e. The lowest BCUT2D eigenvalue weighted by Crippen LogP contribution is -1.64. The highest BCUT2D eigenvalue weighted by Gasteiger charge is 1.76. The number of aryl methyl sites for hydroxylation is 2. The zero-order valence-corrected chi connectivity index (χ0v) is 4.49. The normalized spacial score (nSPS) is 9.43. The fourth-order valence-corrected chi connectivity index (χ4v) is 0.375. The molecule has 1 rings (SSSR count). The molecule has 0 unspecified atom stereocenters. The average molecular weight is 95.1 g/mol. The number of hydrogen-bond donors (Lipinski definition) is 0. The van der Waals surface area contributed by atoms with E-state index in [1.807, 2.05) is 13.8 Å². The van der Waals surface area contributed by atoms with Gasteiger partial charge in [0.1, 0.15) is 0 Å². The van der Waals surface area contributed by atoms with Crippen molar-refractivity contribution in [2.24, 2.45) is 0 Å². The largest absolute Gasteiger partial charge is 0.598 e. The summed E-state index contributed by atoms with van der Waals surface area (Å²) in [6.07, 6.45) is 4.38. The second kappa shape index (κ2) is 1.41. The van der Waals surface area contributed by atoms with Gasteiger partial charge in [-0.1, -0.05) is 20.1 Å². The number of rotatable bonds is 0. The maximum Gasteiger partial charge on any atom is -0.00510 e. The summed E-state index contributed by atoms with van der Waals surface area (Å²) < 4.78 is 4.72. The lowest BCUT2D eigenvalue weighted by molar-refractivity contribution is 0.554. The van der Waals surface area contributed by atoms with Crippen LogP contribution < -0.4 is 0 Å². The van der Waals surface area contributed by atoms with Gasteiger partial charge in [0, 0.05) is 0 Å². The monoisotopic (exact) mass is 95.1 g/mol. The first-order valence-electron chi connectivity index (χ1n) is 2.23. The molecule has 0 atom stereocenters. The zero-order chi connectivity index (χ0) is 5.28. The predicted molar refractivity (Wildman–Crippen MR) is 27.0 cm³/mol. The van der Waals surface area contributed by atoms with E-state index in [1.165, 1.54) is 5.56 Å². The third-order valence-corrected chi connectivity index (χ3v) is 1.04. The third kappa shape index (κ3) is 0.660. The highest BCUT2D eigenvalue weighted by Crippen LogP contribution is 2.03. The molecule has 0 aromatic carbocycles. The van der Waals surface area contributed by atoms with E-state index in [0.717, 1.165) is 5.56 Å². The van der Waals surface area contributed by atoms with Gasteiger partial charge >= 0.3 is 0 Å². The molecular weight excluding hydrogens is 88.1 g/mol. The molecule has 1 nitrogen and oxygen atoms in total. The van der Waals surface area contributed by atoms with E-state index in [1.54, 1.807) is 6.26 Å². The molecule has 1 heteroatoms. The molecule has 38 valence electrons. The van der Waals surface area contributed by atoms with E-state index in [0.29, 0.717) is 0 Å². The highest BCUT2D eigenvalue weighted by molar-refractivity contribution is 5.14. The first-order valence-corrected chi connectivity index (χ1v) is 2.23. The smallest absolute Gasteiger partial charge is 0.00510 e. The highest BCUT2D eigenvalue weighted by atomic mass is 16.3. The standard InChI is InChI=1S/C6H7O/c1-5-3-7-4-6(5)2/h3H,1-2H3/q-1. The number of hydrogen-bond acceptors (Lipinski definition) is 1. The van der Waals surface area contributed by atoms with Gasteiger partial charge in [-0.2, -0.15) is 5.56 Å². The van der Waals surface area contributed by atoms with Gasteiger partial charge in [0.25, 0.3) is 0 Å². The van der Waals surface area contributed by atoms with Crippen molar-refractivity contribution < 1.29 is 4.42 Å². The molecule has 1 aromatic heterocycles. The predicted octanol–water partition coefficient (Wildman–Crippen LogP) is 1.70. The fourth-order valence-electron chi connectivity index (χ4n) is 0.375. The third-order valence-electron chi connectivity index (χ3n) is 1.04. The first-order chi connectivity index (χ1) is 3.30. The molecular formula is C6H7O-. The van der Waals surface area contributed by atoms with E-state index in [9.17, 15) is 0 Å². The Bertz CT molecular complexity index is 136.